The van der Waals surface area contributed by atoms with E-state index in [0.717, 1.165) is 0 Å². The minimum atomic E-state index is -0.750. The van der Waals surface area contributed by atoms with Gasteiger partial charge in [0, 0.05) is 0 Å². The molecule has 4 heavy (non-hydrogen) atoms. The topological polar surface area (TPSA) is 72.5 Å². The maximum atomic E-state index is 8.69. The number of hydrazine groups is 1. The van der Waals surface area contributed by atoms with Crippen LogP contribution in [0.3, 0.4) is 0 Å². The molecule has 0 bridgehead atoms. The molecule has 0 atom stereocenters. The summed E-state index contributed by atoms with van der Waals surface area (Å²) < 4.78 is 0. The highest BCUT2D eigenvalue weighted by atomic mass is 16.8. The zero-order valence-corrected chi connectivity index (χ0v) is 1.88. The monoisotopic (exact) mass is 63.0 g/mol. The highest BCUT2D eigenvalue weighted by Crippen LogP contribution is 1.41. The van der Waals surface area contributed by atoms with Gasteiger partial charge >= 0.3 is 0 Å². The van der Waals surface area contributed by atoms with E-state index in [1.54, 1.807) is 0 Å². The van der Waals surface area contributed by atoms with Gasteiger partial charge in [0.25, 0.3) is 0 Å². The first kappa shape index (κ1) is 3.84. The van der Waals surface area contributed by atoms with Crippen molar-refractivity contribution in [3.63, 3.8) is 0 Å². The second kappa shape index (κ2) is 1.19. The zero-order chi connectivity index (χ0) is 3.58. The number of rotatable bonds is 0. The molecule has 0 spiro atoms. The molecule has 0 unspecified atom stereocenters. The lowest BCUT2D eigenvalue weighted by Crippen LogP contribution is -2.17. The summed E-state index contributed by atoms with van der Waals surface area (Å²) in [4.78, 5) is 0. The van der Waals surface area contributed by atoms with Gasteiger partial charge in [-0.3, -0.25) is 5.84 Å². The number of nitrogens with two attached hydrogens (primary N) is 1. The van der Waals surface area contributed by atoms with Crippen molar-refractivity contribution in [1.29, 1.82) is 0 Å². The fourth-order valence-corrected chi connectivity index (χ4v) is 0. The van der Waals surface area contributed by atoms with E-state index in [1.165, 1.54) is 0 Å². The number of nitrogens with zero attached hydrogens (tertiary/aromatic N) is 1. The number of hydrogen-bond donors (Lipinski definition) is 2. The molecule has 4 nitrogen and oxygen atoms in total. The Morgan fingerprint density at radius 3 is 2.00 bits per heavy atom. The molecular formula is H3N2O2-. The van der Waals surface area contributed by atoms with Crippen LogP contribution in [0.1, 0.15) is 0 Å². The van der Waals surface area contributed by atoms with Crippen LogP contribution in [0.5, 0.6) is 0 Å². The van der Waals surface area contributed by atoms with E-state index in [0.29, 0.717) is 0 Å². The molecule has 0 amide bonds. The van der Waals surface area contributed by atoms with Crippen molar-refractivity contribution in [3.8, 4) is 0 Å². The summed E-state index contributed by atoms with van der Waals surface area (Å²) in [5.41, 5.74) is 0. The molecule has 26 valence electrons. The van der Waals surface area contributed by atoms with Gasteiger partial charge in [-0.25, -0.2) is 0 Å². The van der Waals surface area contributed by atoms with E-state index in [-0.39, 0.29) is 0 Å². The van der Waals surface area contributed by atoms with Crippen LogP contribution in [0.2, 0.25) is 0 Å². The van der Waals surface area contributed by atoms with Gasteiger partial charge in [0.05, 0.1) is 0 Å². The second-order valence-corrected chi connectivity index (χ2v) is 0.303. The molecule has 0 aliphatic rings. The minimum absolute atomic E-state index is 0.750. The highest BCUT2D eigenvalue weighted by Gasteiger charge is 1.43. The van der Waals surface area contributed by atoms with Crippen LogP contribution in [-0.2, 0) is 0 Å². The standard InChI is InChI=1S/H3N2O2/c1-2(3)4/h3H,1H2/q-1. The Morgan fingerprint density at radius 2 is 2.00 bits per heavy atom. The van der Waals surface area contributed by atoms with E-state index >= 15 is 0 Å². The van der Waals surface area contributed by atoms with Crippen molar-refractivity contribution in [2.45, 2.75) is 0 Å². The van der Waals surface area contributed by atoms with Gasteiger partial charge in [-0.2, -0.15) is 5.34 Å². The fourth-order valence-electron chi connectivity index (χ4n) is 0. The average Bonchev–Trinajstić information content (AvgIpc) is 0.811. The van der Waals surface area contributed by atoms with Crippen LogP contribution in [0.15, 0.2) is 0 Å². The molecule has 0 radical (unpaired) electrons. The minimum Gasteiger partial charge on any atom is -0.748 e. The molecule has 0 heterocycles. The zero-order valence-electron chi connectivity index (χ0n) is 1.88. The molecule has 0 saturated heterocycles. The van der Waals surface area contributed by atoms with Gasteiger partial charge in [0.2, 0.25) is 0 Å². The van der Waals surface area contributed by atoms with E-state index in [1.807, 2.05) is 0 Å². The molecule has 0 aromatic heterocycles. The summed E-state index contributed by atoms with van der Waals surface area (Å²) >= 11 is 0. The largest absolute Gasteiger partial charge is 0.748 e. The van der Waals surface area contributed by atoms with Crippen LogP contribution < -0.4 is 5.84 Å². The van der Waals surface area contributed by atoms with E-state index < -0.39 is 5.34 Å². The van der Waals surface area contributed by atoms with E-state index in [4.69, 9.17) is 10.4 Å². The Kier molecular flexibility index (Phi) is 1.14. The van der Waals surface area contributed by atoms with Gasteiger partial charge in [-0.15, -0.1) is 0 Å². The average molecular weight is 63.0 g/mol. The number of hydrogen-bond acceptors (Lipinski definition) is 4. The highest BCUT2D eigenvalue weighted by molar-refractivity contribution is 4.09. The predicted molar refractivity (Wildman–Crippen MR) is 11.2 cm³/mol. The fraction of sp³-hybridized carbons (Fsp3) is 0. The van der Waals surface area contributed by atoms with Crippen LogP contribution in [0.4, 0.5) is 0 Å². The van der Waals surface area contributed by atoms with Crippen LogP contribution >= 0.6 is 0 Å². The van der Waals surface area contributed by atoms with Crippen molar-refractivity contribution in [2.24, 2.45) is 5.84 Å². The Morgan fingerprint density at radius 1 is 2.00 bits per heavy atom. The van der Waals surface area contributed by atoms with Crippen LogP contribution in [-0.4, -0.2) is 10.5 Å². The normalized spacial score (nSPS) is 9.00. The lowest BCUT2D eigenvalue weighted by Gasteiger charge is -2.07. The van der Waals surface area contributed by atoms with Gasteiger partial charge in [0.15, 0.2) is 0 Å². The first-order chi connectivity index (χ1) is 1.73. The van der Waals surface area contributed by atoms with E-state index in [2.05, 4.69) is 5.84 Å². The van der Waals surface area contributed by atoms with Gasteiger partial charge < -0.3 is 10.4 Å². The smallest absolute Gasteiger partial charge is 0.199 e. The molecule has 4 heteroatoms. The lowest BCUT2D eigenvalue weighted by atomic mass is 12.7. The van der Waals surface area contributed by atoms with Gasteiger partial charge in [-0.1, -0.05) is 0 Å². The maximum Gasteiger partial charge on any atom is -0.199 e. The molecular weight excluding hydrogens is 60.0 g/mol. The third-order valence-corrected chi connectivity index (χ3v) is 0. The summed E-state index contributed by atoms with van der Waals surface area (Å²) in [5, 5.41) is 15.1. The van der Waals surface area contributed by atoms with Crippen molar-refractivity contribution in [3.05, 3.63) is 5.21 Å². The van der Waals surface area contributed by atoms with E-state index in [9.17, 15) is 0 Å². The second-order valence-electron chi connectivity index (χ2n) is 0.303. The van der Waals surface area contributed by atoms with Gasteiger partial charge in [-0.05, 0) is 0 Å². The summed E-state index contributed by atoms with van der Waals surface area (Å²) in [6, 6.07) is 0. The first-order valence-electron chi connectivity index (χ1n) is 0.641. The SMILES string of the molecule is NN([O-])O. The molecule has 0 aliphatic carbocycles. The van der Waals surface area contributed by atoms with Gasteiger partial charge in [0.1, 0.15) is 0 Å². The molecule has 3 N–H and O–H groups in total. The molecule has 0 saturated carbocycles. The van der Waals surface area contributed by atoms with Crippen LogP contribution in [0, 0.1) is 5.21 Å². The summed E-state index contributed by atoms with van der Waals surface area (Å²) in [7, 11) is 0. The Hall–Kier alpha value is -0.160. The molecule has 0 rings (SSSR count). The summed E-state index contributed by atoms with van der Waals surface area (Å²) in [5.74, 6) is 3.94. The van der Waals surface area contributed by atoms with Crippen molar-refractivity contribution in [1.82, 2.24) is 5.34 Å². The quantitative estimate of drug-likeness (QED) is 0.281. The predicted octanol–water partition coefficient (Wildman–Crippen LogP) is -0.951. The Balaban J connectivity index is 2.32. The third kappa shape index (κ3) is 50.7. The van der Waals surface area contributed by atoms with Crippen molar-refractivity contribution < 1.29 is 5.21 Å². The molecule has 0 aliphatic heterocycles. The lowest BCUT2D eigenvalue weighted by molar-refractivity contribution is -0.0418. The first-order valence-corrected chi connectivity index (χ1v) is 0.641. The Bertz CT molecular complexity index is 8.75. The molecule has 0 fully saturated rings. The van der Waals surface area contributed by atoms with Crippen LogP contribution in [0.25, 0.3) is 0 Å². The Labute approximate surface area is 22.9 Å². The summed E-state index contributed by atoms with van der Waals surface area (Å²) in [6.07, 6.45) is 0. The maximum absolute atomic E-state index is 8.69. The molecule has 0 aromatic rings. The van der Waals surface area contributed by atoms with Crippen molar-refractivity contribution >= 4 is 0 Å². The summed E-state index contributed by atoms with van der Waals surface area (Å²) in [6.45, 7) is 0. The third-order valence-electron chi connectivity index (χ3n) is 0. The molecule has 0 aromatic carbocycles. The van der Waals surface area contributed by atoms with Crippen molar-refractivity contribution in [2.75, 3.05) is 0 Å².